The van der Waals surface area contributed by atoms with Crippen LogP contribution in [0, 0.1) is 5.82 Å². The van der Waals surface area contributed by atoms with Crippen molar-refractivity contribution in [3.05, 3.63) is 66.0 Å². The fourth-order valence-corrected chi connectivity index (χ4v) is 3.29. The van der Waals surface area contributed by atoms with Crippen LogP contribution in [0.1, 0.15) is 24.4 Å². The summed E-state index contributed by atoms with van der Waals surface area (Å²) in [7, 11) is 0. The first-order valence-electron chi connectivity index (χ1n) is 8.32. The van der Waals surface area contributed by atoms with Crippen LogP contribution in [0.2, 0.25) is 0 Å². The van der Waals surface area contributed by atoms with Gasteiger partial charge in [-0.15, -0.1) is 0 Å². The molecule has 3 nitrogen and oxygen atoms in total. The van der Waals surface area contributed by atoms with Gasteiger partial charge in [0, 0.05) is 12.2 Å². The quantitative estimate of drug-likeness (QED) is 0.804. The molecule has 1 aliphatic rings. The molecule has 126 valence electrons. The van der Waals surface area contributed by atoms with Crippen LogP contribution < -0.4 is 10.6 Å². The average molecular weight is 343 g/mol. The Morgan fingerprint density at radius 2 is 1.71 bits per heavy atom. The van der Waals surface area contributed by atoms with Crippen molar-refractivity contribution in [1.82, 2.24) is 10.2 Å². The first kappa shape index (κ1) is 16.9. The molecule has 3 rings (SSSR count). The Kier molecular flexibility index (Phi) is 5.77. The average Bonchev–Trinajstić information content (AvgIpc) is 3.12. The van der Waals surface area contributed by atoms with E-state index in [-0.39, 0.29) is 5.82 Å². The fraction of sp³-hybridized carbons (Fsp3) is 0.316. The van der Waals surface area contributed by atoms with Crippen LogP contribution in [0.5, 0.6) is 0 Å². The van der Waals surface area contributed by atoms with E-state index >= 15 is 0 Å². The summed E-state index contributed by atoms with van der Waals surface area (Å²) in [5.74, 6) is -0.252. The predicted octanol–water partition coefficient (Wildman–Crippen LogP) is 3.95. The van der Waals surface area contributed by atoms with Gasteiger partial charge >= 0.3 is 0 Å². The van der Waals surface area contributed by atoms with Crippen LogP contribution in [0.3, 0.4) is 0 Å². The summed E-state index contributed by atoms with van der Waals surface area (Å²) < 4.78 is 13.0. The maximum atomic E-state index is 13.0. The lowest BCUT2D eigenvalue weighted by Crippen LogP contribution is -2.38. The molecule has 1 atom stereocenters. The van der Waals surface area contributed by atoms with Gasteiger partial charge in [0.05, 0.1) is 6.04 Å². The summed E-state index contributed by atoms with van der Waals surface area (Å²) >= 11 is 5.38. The van der Waals surface area contributed by atoms with Gasteiger partial charge in [-0.1, -0.05) is 30.3 Å². The van der Waals surface area contributed by atoms with E-state index in [1.54, 1.807) is 12.1 Å². The molecule has 0 amide bonds. The SMILES string of the molecule is Fc1ccc(NC(=S)NC[C@H](c2ccccc2)N2CCCC2)cc1. The summed E-state index contributed by atoms with van der Waals surface area (Å²) in [5, 5.41) is 6.96. The zero-order valence-corrected chi connectivity index (χ0v) is 14.4. The smallest absolute Gasteiger partial charge is 0.170 e. The molecular formula is C19H22FN3S. The topological polar surface area (TPSA) is 27.3 Å². The highest BCUT2D eigenvalue weighted by Crippen LogP contribution is 2.24. The van der Waals surface area contributed by atoms with Crippen LogP contribution >= 0.6 is 12.2 Å². The third-order valence-corrected chi connectivity index (χ3v) is 4.57. The molecule has 2 N–H and O–H groups in total. The first-order chi connectivity index (χ1) is 11.7. The molecule has 2 aromatic carbocycles. The first-order valence-corrected chi connectivity index (χ1v) is 8.72. The van der Waals surface area contributed by atoms with Crippen LogP contribution in [-0.2, 0) is 0 Å². The summed E-state index contributed by atoms with van der Waals surface area (Å²) in [6.45, 7) is 3.00. The largest absolute Gasteiger partial charge is 0.361 e. The highest BCUT2D eigenvalue weighted by molar-refractivity contribution is 7.80. The third kappa shape index (κ3) is 4.52. The lowest BCUT2D eigenvalue weighted by Gasteiger charge is -2.28. The van der Waals surface area contributed by atoms with Crippen molar-refractivity contribution in [2.75, 3.05) is 25.0 Å². The van der Waals surface area contributed by atoms with Gasteiger partial charge in [0.25, 0.3) is 0 Å². The summed E-state index contributed by atoms with van der Waals surface area (Å²) in [5.41, 5.74) is 2.09. The number of hydrogen-bond donors (Lipinski definition) is 2. The van der Waals surface area contributed by atoms with Crippen molar-refractivity contribution in [2.24, 2.45) is 0 Å². The molecule has 1 fully saturated rings. The zero-order chi connectivity index (χ0) is 16.8. The van der Waals surface area contributed by atoms with E-state index in [4.69, 9.17) is 12.2 Å². The van der Waals surface area contributed by atoms with E-state index in [1.807, 2.05) is 6.07 Å². The molecule has 0 aromatic heterocycles. The second kappa shape index (κ2) is 8.22. The van der Waals surface area contributed by atoms with Gasteiger partial charge in [0.1, 0.15) is 5.82 Å². The Morgan fingerprint density at radius 1 is 1.04 bits per heavy atom. The number of nitrogens with zero attached hydrogens (tertiary/aromatic N) is 1. The minimum atomic E-state index is -0.252. The summed E-state index contributed by atoms with van der Waals surface area (Å²) in [4.78, 5) is 2.50. The molecule has 0 bridgehead atoms. The van der Waals surface area contributed by atoms with E-state index in [2.05, 4.69) is 39.8 Å². The van der Waals surface area contributed by atoms with Crippen molar-refractivity contribution in [2.45, 2.75) is 18.9 Å². The maximum absolute atomic E-state index is 13.0. The minimum Gasteiger partial charge on any atom is -0.361 e. The monoisotopic (exact) mass is 343 g/mol. The molecule has 1 saturated heterocycles. The number of hydrogen-bond acceptors (Lipinski definition) is 2. The lowest BCUT2D eigenvalue weighted by molar-refractivity contribution is 0.246. The Bertz CT molecular complexity index is 654. The highest BCUT2D eigenvalue weighted by Gasteiger charge is 2.23. The standard InChI is InChI=1S/C19H22FN3S/c20-16-8-10-17(11-9-16)22-19(24)21-14-18(23-12-4-5-13-23)15-6-2-1-3-7-15/h1-3,6-11,18H,4-5,12-14H2,(H2,21,22,24)/t18-/m1/s1. The van der Waals surface area contributed by atoms with Crippen LogP contribution in [0.4, 0.5) is 10.1 Å². The molecule has 1 heterocycles. The third-order valence-electron chi connectivity index (χ3n) is 4.32. The second-order valence-corrected chi connectivity index (χ2v) is 6.42. The van der Waals surface area contributed by atoms with E-state index in [0.717, 1.165) is 25.3 Å². The molecular weight excluding hydrogens is 321 g/mol. The number of likely N-dealkylation sites (tertiary alicyclic amines) is 1. The number of anilines is 1. The Labute approximate surface area is 147 Å². The molecule has 0 saturated carbocycles. The number of halogens is 1. The molecule has 0 aliphatic carbocycles. The number of benzene rings is 2. The van der Waals surface area contributed by atoms with Crippen molar-refractivity contribution in [3.8, 4) is 0 Å². The molecule has 24 heavy (non-hydrogen) atoms. The fourth-order valence-electron chi connectivity index (χ4n) is 3.08. The van der Waals surface area contributed by atoms with Gasteiger partial charge < -0.3 is 10.6 Å². The molecule has 5 heteroatoms. The van der Waals surface area contributed by atoms with Gasteiger partial charge in [-0.2, -0.15) is 0 Å². The summed E-state index contributed by atoms with van der Waals surface area (Å²) in [6.07, 6.45) is 2.50. The van der Waals surface area contributed by atoms with Crippen LogP contribution in [0.15, 0.2) is 54.6 Å². The maximum Gasteiger partial charge on any atom is 0.170 e. The molecule has 2 aromatic rings. The van der Waals surface area contributed by atoms with Crippen molar-refractivity contribution in [1.29, 1.82) is 0 Å². The Balaban J connectivity index is 1.60. The number of rotatable bonds is 5. The molecule has 0 radical (unpaired) electrons. The van der Waals surface area contributed by atoms with Crippen molar-refractivity contribution >= 4 is 23.0 Å². The van der Waals surface area contributed by atoms with Crippen LogP contribution in [-0.4, -0.2) is 29.6 Å². The van der Waals surface area contributed by atoms with Gasteiger partial charge in [-0.3, -0.25) is 4.90 Å². The molecule has 0 unspecified atom stereocenters. The highest BCUT2D eigenvalue weighted by atomic mass is 32.1. The zero-order valence-electron chi connectivity index (χ0n) is 13.5. The normalized spacial score (nSPS) is 15.9. The summed E-state index contributed by atoms with van der Waals surface area (Å²) in [6, 6.07) is 17.0. The van der Waals surface area contributed by atoms with Crippen molar-refractivity contribution in [3.63, 3.8) is 0 Å². The van der Waals surface area contributed by atoms with E-state index < -0.39 is 0 Å². The van der Waals surface area contributed by atoms with E-state index in [1.165, 1.54) is 30.5 Å². The van der Waals surface area contributed by atoms with Crippen LogP contribution in [0.25, 0.3) is 0 Å². The number of thiocarbonyl (C=S) groups is 1. The minimum absolute atomic E-state index is 0.252. The predicted molar refractivity (Wildman–Crippen MR) is 101 cm³/mol. The number of nitrogens with one attached hydrogen (secondary N) is 2. The van der Waals surface area contributed by atoms with Crippen molar-refractivity contribution < 1.29 is 4.39 Å². The lowest BCUT2D eigenvalue weighted by atomic mass is 10.1. The molecule has 1 aliphatic heterocycles. The van der Waals surface area contributed by atoms with Gasteiger partial charge in [-0.25, -0.2) is 4.39 Å². The second-order valence-electron chi connectivity index (χ2n) is 6.01. The Morgan fingerprint density at radius 3 is 2.38 bits per heavy atom. The van der Waals surface area contributed by atoms with Gasteiger partial charge in [-0.05, 0) is 68.0 Å². The van der Waals surface area contributed by atoms with Gasteiger partial charge in [0.15, 0.2) is 5.11 Å². The Hall–Kier alpha value is -1.98. The van der Waals surface area contributed by atoms with E-state index in [0.29, 0.717) is 11.2 Å². The molecule has 0 spiro atoms. The van der Waals surface area contributed by atoms with E-state index in [9.17, 15) is 4.39 Å². The van der Waals surface area contributed by atoms with Gasteiger partial charge in [0.2, 0.25) is 0 Å².